The van der Waals surface area contributed by atoms with Crippen LogP contribution < -0.4 is 5.73 Å². The van der Waals surface area contributed by atoms with E-state index in [-0.39, 0.29) is 17.8 Å². The van der Waals surface area contributed by atoms with Gasteiger partial charge in [0, 0.05) is 12.2 Å². The van der Waals surface area contributed by atoms with E-state index >= 15 is 0 Å². The number of aromatic nitrogens is 1. The highest BCUT2D eigenvalue weighted by Crippen LogP contribution is 2.19. The Morgan fingerprint density at radius 1 is 1.46 bits per heavy atom. The van der Waals surface area contributed by atoms with Crippen LogP contribution >= 0.6 is 0 Å². The Labute approximate surface area is 78.0 Å². The van der Waals surface area contributed by atoms with Crippen LogP contribution in [0.25, 0.3) is 0 Å². The van der Waals surface area contributed by atoms with Gasteiger partial charge in [-0.05, 0) is 30.9 Å². The van der Waals surface area contributed by atoms with E-state index in [2.05, 4.69) is 4.98 Å². The molecule has 0 aromatic carbocycles. The summed E-state index contributed by atoms with van der Waals surface area (Å²) < 4.78 is 12.8. The van der Waals surface area contributed by atoms with Crippen molar-refractivity contribution in [3.05, 3.63) is 29.8 Å². The van der Waals surface area contributed by atoms with E-state index in [4.69, 9.17) is 5.73 Å². The Morgan fingerprint density at radius 2 is 2.15 bits per heavy atom. The van der Waals surface area contributed by atoms with Gasteiger partial charge in [-0.3, -0.25) is 4.98 Å². The molecule has 2 nitrogen and oxygen atoms in total. The van der Waals surface area contributed by atoms with Gasteiger partial charge in [0.05, 0.1) is 6.20 Å². The molecular formula is C10H15FN2. The molecule has 0 bridgehead atoms. The zero-order valence-corrected chi connectivity index (χ0v) is 8.00. The highest BCUT2D eigenvalue weighted by atomic mass is 19.1. The van der Waals surface area contributed by atoms with Gasteiger partial charge >= 0.3 is 0 Å². The quantitative estimate of drug-likeness (QED) is 0.777. The number of hydrogen-bond donors (Lipinski definition) is 1. The highest BCUT2D eigenvalue weighted by Gasteiger charge is 2.08. The Morgan fingerprint density at radius 3 is 2.69 bits per heavy atom. The van der Waals surface area contributed by atoms with Gasteiger partial charge in [-0.2, -0.15) is 0 Å². The van der Waals surface area contributed by atoms with Crippen molar-refractivity contribution in [3.8, 4) is 0 Å². The lowest BCUT2D eigenvalue weighted by Gasteiger charge is -2.13. The molecule has 2 atom stereocenters. The number of nitrogens with two attached hydrogens (primary N) is 1. The molecule has 0 fully saturated rings. The van der Waals surface area contributed by atoms with Crippen molar-refractivity contribution >= 4 is 0 Å². The summed E-state index contributed by atoms with van der Waals surface area (Å²) in [7, 11) is 0. The first-order chi connectivity index (χ1) is 6.09. The van der Waals surface area contributed by atoms with Crippen LogP contribution in [0.3, 0.4) is 0 Å². The topological polar surface area (TPSA) is 38.9 Å². The fourth-order valence-electron chi connectivity index (χ4n) is 1.39. The molecule has 1 aromatic heterocycles. The van der Waals surface area contributed by atoms with E-state index in [0.717, 1.165) is 12.0 Å². The van der Waals surface area contributed by atoms with Crippen molar-refractivity contribution in [3.63, 3.8) is 0 Å². The lowest BCUT2D eigenvalue weighted by Crippen LogP contribution is -2.17. The van der Waals surface area contributed by atoms with Crippen LogP contribution in [0.4, 0.5) is 4.39 Å². The SMILES string of the molecule is CC(N)CC(C)c1cncc(F)c1. The molecule has 2 N–H and O–H groups in total. The highest BCUT2D eigenvalue weighted by molar-refractivity contribution is 5.15. The first kappa shape index (κ1) is 10.1. The lowest BCUT2D eigenvalue weighted by molar-refractivity contribution is 0.572. The van der Waals surface area contributed by atoms with Crippen LogP contribution in [0.15, 0.2) is 18.5 Å². The molecule has 0 saturated heterocycles. The van der Waals surface area contributed by atoms with Crippen molar-refractivity contribution < 1.29 is 4.39 Å². The first-order valence-corrected chi connectivity index (χ1v) is 4.45. The van der Waals surface area contributed by atoms with Crippen molar-refractivity contribution in [1.29, 1.82) is 0 Å². The molecular weight excluding hydrogens is 167 g/mol. The van der Waals surface area contributed by atoms with Crippen LogP contribution in [0.2, 0.25) is 0 Å². The van der Waals surface area contributed by atoms with E-state index in [0.29, 0.717) is 0 Å². The van der Waals surface area contributed by atoms with Crippen LogP contribution in [0.1, 0.15) is 31.7 Å². The van der Waals surface area contributed by atoms with E-state index in [1.54, 1.807) is 6.20 Å². The second kappa shape index (κ2) is 4.33. The summed E-state index contributed by atoms with van der Waals surface area (Å²) in [5.74, 6) is -0.0165. The van der Waals surface area contributed by atoms with Crippen molar-refractivity contribution in [2.45, 2.75) is 32.2 Å². The molecule has 72 valence electrons. The van der Waals surface area contributed by atoms with Crippen LogP contribution in [0.5, 0.6) is 0 Å². The van der Waals surface area contributed by atoms with E-state index in [9.17, 15) is 4.39 Å². The van der Waals surface area contributed by atoms with Gasteiger partial charge in [0.25, 0.3) is 0 Å². The van der Waals surface area contributed by atoms with Crippen LogP contribution in [-0.4, -0.2) is 11.0 Å². The maximum absolute atomic E-state index is 12.8. The molecule has 1 heterocycles. The maximum Gasteiger partial charge on any atom is 0.141 e. The maximum atomic E-state index is 12.8. The molecule has 3 heteroatoms. The molecule has 1 rings (SSSR count). The van der Waals surface area contributed by atoms with E-state index in [1.807, 2.05) is 13.8 Å². The average Bonchev–Trinajstić information content (AvgIpc) is 2.03. The molecule has 0 aliphatic heterocycles. The minimum absolute atomic E-state index is 0.137. The van der Waals surface area contributed by atoms with Crippen molar-refractivity contribution in [2.24, 2.45) is 5.73 Å². The Hall–Kier alpha value is -0.960. The first-order valence-electron chi connectivity index (χ1n) is 4.45. The normalized spacial score (nSPS) is 15.4. The third kappa shape index (κ3) is 3.11. The Balaban J connectivity index is 2.71. The van der Waals surface area contributed by atoms with Gasteiger partial charge < -0.3 is 5.73 Å². The fraction of sp³-hybridized carbons (Fsp3) is 0.500. The monoisotopic (exact) mass is 182 g/mol. The molecule has 0 aliphatic carbocycles. The molecule has 0 aliphatic rings. The number of hydrogen-bond acceptors (Lipinski definition) is 2. The summed E-state index contributed by atoms with van der Waals surface area (Å²) in [4.78, 5) is 3.80. The molecule has 0 amide bonds. The van der Waals surface area contributed by atoms with Crippen LogP contribution in [0, 0.1) is 5.82 Å². The van der Waals surface area contributed by atoms with Gasteiger partial charge in [-0.25, -0.2) is 4.39 Å². The summed E-state index contributed by atoms with van der Waals surface area (Å²) in [6.45, 7) is 3.98. The number of halogens is 1. The smallest absolute Gasteiger partial charge is 0.141 e. The van der Waals surface area contributed by atoms with Gasteiger partial charge in [0.2, 0.25) is 0 Å². The van der Waals surface area contributed by atoms with Crippen LogP contribution in [-0.2, 0) is 0 Å². The van der Waals surface area contributed by atoms with Gasteiger partial charge in [0.15, 0.2) is 0 Å². The minimum atomic E-state index is -0.283. The zero-order valence-electron chi connectivity index (χ0n) is 8.00. The largest absolute Gasteiger partial charge is 0.328 e. The van der Waals surface area contributed by atoms with Crippen molar-refractivity contribution in [2.75, 3.05) is 0 Å². The summed E-state index contributed by atoms with van der Waals surface area (Å²) in [5, 5.41) is 0. The third-order valence-corrected chi connectivity index (χ3v) is 2.02. The van der Waals surface area contributed by atoms with Gasteiger partial charge in [-0.1, -0.05) is 6.92 Å². The average molecular weight is 182 g/mol. The summed E-state index contributed by atoms with van der Waals surface area (Å²) >= 11 is 0. The Kier molecular flexibility index (Phi) is 3.37. The molecule has 13 heavy (non-hydrogen) atoms. The second-order valence-electron chi connectivity index (χ2n) is 3.55. The lowest BCUT2D eigenvalue weighted by atomic mass is 9.96. The summed E-state index contributed by atoms with van der Waals surface area (Å²) in [5.41, 5.74) is 6.57. The number of pyridine rings is 1. The predicted octanol–water partition coefficient (Wildman–Crippen LogP) is 2.06. The fourth-order valence-corrected chi connectivity index (χ4v) is 1.39. The standard InChI is InChI=1S/C10H15FN2/c1-7(3-8(2)12)9-4-10(11)6-13-5-9/h4-8H,3,12H2,1-2H3. The Bertz CT molecular complexity index is 273. The minimum Gasteiger partial charge on any atom is -0.328 e. The summed E-state index contributed by atoms with van der Waals surface area (Å²) in [6.07, 6.45) is 3.75. The summed E-state index contributed by atoms with van der Waals surface area (Å²) in [6, 6.07) is 1.65. The molecule has 2 unspecified atom stereocenters. The molecule has 1 aromatic rings. The second-order valence-corrected chi connectivity index (χ2v) is 3.55. The number of nitrogens with zero attached hydrogens (tertiary/aromatic N) is 1. The molecule has 0 saturated carbocycles. The van der Waals surface area contributed by atoms with Crippen molar-refractivity contribution in [1.82, 2.24) is 4.98 Å². The molecule has 0 spiro atoms. The third-order valence-electron chi connectivity index (χ3n) is 2.02. The predicted molar refractivity (Wildman–Crippen MR) is 50.9 cm³/mol. The van der Waals surface area contributed by atoms with Gasteiger partial charge in [-0.15, -0.1) is 0 Å². The number of rotatable bonds is 3. The van der Waals surface area contributed by atoms with Gasteiger partial charge in [0.1, 0.15) is 5.82 Å². The zero-order chi connectivity index (χ0) is 9.84. The van der Waals surface area contributed by atoms with E-state index in [1.165, 1.54) is 12.3 Å². The van der Waals surface area contributed by atoms with E-state index < -0.39 is 0 Å². The molecule has 0 radical (unpaired) electrons.